The summed E-state index contributed by atoms with van der Waals surface area (Å²) in [5.74, 6) is 0. The minimum atomic E-state index is -1.84. The van der Waals surface area contributed by atoms with E-state index < -0.39 is 18.4 Å². The van der Waals surface area contributed by atoms with Crippen molar-refractivity contribution >= 4 is 22.0 Å². The molecule has 0 saturated carbocycles. The van der Waals surface area contributed by atoms with Crippen molar-refractivity contribution in [1.29, 1.82) is 0 Å². The summed E-state index contributed by atoms with van der Waals surface area (Å²) in [4.78, 5) is 5.08. The fourth-order valence-corrected chi connectivity index (χ4v) is 9.13. The van der Waals surface area contributed by atoms with Gasteiger partial charge in [0.2, 0.25) is 0 Å². The van der Waals surface area contributed by atoms with Crippen LogP contribution in [0.1, 0.15) is 19.8 Å². The zero-order valence-electron chi connectivity index (χ0n) is 9.01. The molecule has 0 unspecified atom stereocenters. The molecule has 72 valence electrons. The molecule has 0 fully saturated rings. The third-order valence-corrected chi connectivity index (χ3v) is 12.7. The van der Waals surface area contributed by atoms with Gasteiger partial charge in [-0.05, 0) is 0 Å². The summed E-state index contributed by atoms with van der Waals surface area (Å²) in [6.45, 7) is 2.28. The van der Waals surface area contributed by atoms with Gasteiger partial charge in [0.15, 0.2) is 0 Å². The van der Waals surface area contributed by atoms with Gasteiger partial charge in [-0.2, -0.15) is 0 Å². The van der Waals surface area contributed by atoms with Crippen LogP contribution in [-0.2, 0) is 0 Å². The van der Waals surface area contributed by atoms with E-state index in [1.54, 1.807) is 3.58 Å². The number of benzene rings is 1. The number of rotatable bonds is 4. The summed E-state index contributed by atoms with van der Waals surface area (Å²) >= 11 is -1.84. The average Bonchev–Trinajstić information content (AvgIpc) is 2.16. The molecule has 0 spiro atoms. The molecule has 0 atom stereocenters. The topological polar surface area (TPSA) is 0 Å². The Morgan fingerprint density at radius 2 is 1.69 bits per heavy atom. The SMILES string of the molecule is CCC[CH2][Sn]([CH3])([CH3])[c]1ccccc1. The maximum atomic E-state index is 2.54. The predicted molar refractivity (Wildman–Crippen MR) is 63.3 cm³/mol. The van der Waals surface area contributed by atoms with Crippen molar-refractivity contribution in [3.05, 3.63) is 30.3 Å². The molecule has 0 bridgehead atoms. The molecular weight excluding hydrogens is 263 g/mol. The van der Waals surface area contributed by atoms with Gasteiger partial charge in [0.25, 0.3) is 0 Å². The normalized spacial score (nSPS) is 11.6. The fraction of sp³-hybridized carbons (Fsp3) is 0.500. The van der Waals surface area contributed by atoms with Crippen LogP contribution in [0.3, 0.4) is 0 Å². The van der Waals surface area contributed by atoms with Crippen molar-refractivity contribution in [2.75, 3.05) is 0 Å². The Bertz CT molecular complexity index is 239. The first-order valence-corrected chi connectivity index (χ1v) is 14.4. The average molecular weight is 283 g/mol. The van der Waals surface area contributed by atoms with Crippen LogP contribution in [0, 0.1) is 0 Å². The van der Waals surface area contributed by atoms with E-state index in [1.807, 2.05) is 0 Å². The van der Waals surface area contributed by atoms with Crippen molar-refractivity contribution < 1.29 is 0 Å². The molecule has 0 saturated heterocycles. The molecule has 0 aromatic heterocycles. The van der Waals surface area contributed by atoms with Gasteiger partial charge in [-0.15, -0.1) is 0 Å². The van der Waals surface area contributed by atoms with Crippen molar-refractivity contribution in [3.8, 4) is 0 Å². The first-order chi connectivity index (χ1) is 6.17. The van der Waals surface area contributed by atoms with Gasteiger partial charge in [0.05, 0.1) is 0 Å². The predicted octanol–water partition coefficient (Wildman–Crippen LogP) is 3.40. The molecule has 13 heavy (non-hydrogen) atoms. The van der Waals surface area contributed by atoms with Crippen LogP contribution in [0.5, 0.6) is 0 Å². The monoisotopic (exact) mass is 284 g/mol. The Labute approximate surface area is 86.2 Å². The minimum absolute atomic E-state index is 1.34. The maximum absolute atomic E-state index is 2.54. The first kappa shape index (κ1) is 11.1. The Morgan fingerprint density at radius 3 is 2.23 bits per heavy atom. The molecule has 1 aromatic rings. The van der Waals surface area contributed by atoms with Crippen LogP contribution in [-0.4, -0.2) is 18.4 Å². The zero-order valence-corrected chi connectivity index (χ0v) is 11.9. The number of unbranched alkanes of at least 4 members (excludes halogenated alkanes) is 1. The van der Waals surface area contributed by atoms with Crippen LogP contribution in [0.15, 0.2) is 30.3 Å². The standard InChI is InChI=1S/C6H5.C4H9.2CH3.Sn/c1-2-4-6-5-3-1;1-3-4-2;;;/h1-5H;1,3-4H2,2H3;2*1H3;. The molecular formula is C12H20Sn. The third kappa shape index (κ3) is 3.34. The van der Waals surface area contributed by atoms with E-state index in [0.717, 1.165) is 0 Å². The van der Waals surface area contributed by atoms with E-state index in [1.165, 1.54) is 17.3 Å². The van der Waals surface area contributed by atoms with Gasteiger partial charge in [-0.3, -0.25) is 0 Å². The van der Waals surface area contributed by atoms with Gasteiger partial charge >= 0.3 is 86.4 Å². The van der Waals surface area contributed by atoms with Gasteiger partial charge in [0, 0.05) is 0 Å². The Hall–Kier alpha value is 0.0187. The third-order valence-electron chi connectivity index (χ3n) is 2.71. The Morgan fingerprint density at radius 1 is 1.08 bits per heavy atom. The van der Waals surface area contributed by atoms with Crippen molar-refractivity contribution in [1.82, 2.24) is 0 Å². The van der Waals surface area contributed by atoms with Gasteiger partial charge < -0.3 is 0 Å². The van der Waals surface area contributed by atoms with E-state index in [0.29, 0.717) is 0 Å². The molecule has 0 nitrogen and oxygen atoms in total. The van der Waals surface area contributed by atoms with Crippen molar-refractivity contribution in [2.24, 2.45) is 0 Å². The van der Waals surface area contributed by atoms with Crippen LogP contribution >= 0.6 is 0 Å². The Kier molecular flexibility index (Phi) is 4.30. The van der Waals surface area contributed by atoms with E-state index in [9.17, 15) is 0 Å². The first-order valence-electron chi connectivity index (χ1n) is 5.22. The molecule has 1 heteroatoms. The molecule has 0 aliphatic rings. The van der Waals surface area contributed by atoms with Gasteiger partial charge in [-0.25, -0.2) is 0 Å². The molecule has 0 aliphatic carbocycles. The summed E-state index contributed by atoms with van der Waals surface area (Å²) in [6, 6.07) is 11.1. The van der Waals surface area contributed by atoms with Gasteiger partial charge in [0.1, 0.15) is 0 Å². The fourth-order valence-electron chi connectivity index (χ4n) is 1.65. The van der Waals surface area contributed by atoms with Crippen molar-refractivity contribution in [3.63, 3.8) is 0 Å². The molecule has 0 N–H and O–H groups in total. The molecule has 0 radical (unpaired) electrons. The molecule has 1 rings (SSSR count). The van der Waals surface area contributed by atoms with E-state index in [4.69, 9.17) is 0 Å². The van der Waals surface area contributed by atoms with Crippen LogP contribution in [0.4, 0.5) is 0 Å². The second kappa shape index (κ2) is 5.04. The van der Waals surface area contributed by atoms with E-state index in [-0.39, 0.29) is 0 Å². The zero-order chi connectivity index (χ0) is 9.73. The number of hydrogen-bond donors (Lipinski definition) is 0. The van der Waals surface area contributed by atoms with E-state index >= 15 is 0 Å². The summed E-state index contributed by atoms with van der Waals surface area (Å²) < 4.78 is 3.17. The summed E-state index contributed by atoms with van der Waals surface area (Å²) in [5, 5.41) is 0. The molecule has 0 heterocycles. The quantitative estimate of drug-likeness (QED) is 0.743. The van der Waals surface area contributed by atoms with Crippen LogP contribution < -0.4 is 3.58 Å². The van der Waals surface area contributed by atoms with E-state index in [2.05, 4.69) is 47.1 Å². The number of hydrogen-bond acceptors (Lipinski definition) is 0. The van der Waals surface area contributed by atoms with Crippen LogP contribution in [0.2, 0.25) is 14.3 Å². The molecule has 0 amide bonds. The summed E-state index contributed by atoms with van der Waals surface area (Å²) in [5.41, 5.74) is 0. The summed E-state index contributed by atoms with van der Waals surface area (Å²) in [6.07, 6.45) is 2.76. The summed E-state index contributed by atoms with van der Waals surface area (Å²) in [7, 11) is 0. The Balaban J connectivity index is 2.69. The van der Waals surface area contributed by atoms with Gasteiger partial charge in [-0.1, -0.05) is 0 Å². The van der Waals surface area contributed by atoms with Crippen LogP contribution in [0.25, 0.3) is 0 Å². The second-order valence-electron chi connectivity index (χ2n) is 4.35. The molecule has 0 aliphatic heterocycles. The second-order valence-corrected chi connectivity index (χ2v) is 18.2. The molecule has 1 aromatic carbocycles. The van der Waals surface area contributed by atoms with Crippen molar-refractivity contribution in [2.45, 2.75) is 34.1 Å².